The van der Waals surface area contributed by atoms with Gasteiger partial charge in [0, 0.05) is 29.2 Å². The van der Waals surface area contributed by atoms with Crippen molar-refractivity contribution in [2.75, 3.05) is 7.11 Å². The Morgan fingerprint density at radius 1 is 1.26 bits per heavy atom. The molecular weight excluding hydrogens is 281 g/mol. The normalized spacial score (nSPS) is 25.3. The number of hydrogen-bond acceptors (Lipinski definition) is 2. The molecule has 1 saturated carbocycles. The predicted octanol–water partition coefficient (Wildman–Crippen LogP) is 4.60. The molecule has 1 aromatic rings. The van der Waals surface area contributed by atoms with Crippen molar-refractivity contribution in [1.29, 1.82) is 0 Å². The molecule has 4 heteroatoms. The lowest BCUT2D eigenvalue weighted by atomic mass is 9.91. The Labute approximate surface area is 125 Å². The first-order chi connectivity index (χ1) is 9.11. The average molecular weight is 302 g/mol. The first-order valence-electron chi connectivity index (χ1n) is 6.85. The van der Waals surface area contributed by atoms with Crippen LogP contribution in [0.15, 0.2) is 18.2 Å². The molecule has 19 heavy (non-hydrogen) atoms. The number of hydrogen-bond donors (Lipinski definition) is 1. The molecule has 1 aromatic carbocycles. The van der Waals surface area contributed by atoms with Crippen molar-refractivity contribution in [2.24, 2.45) is 0 Å². The molecule has 1 aliphatic carbocycles. The van der Waals surface area contributed by atoms with Gasteiger partial charge in [0.05, 0.1) is 6.10 Å². The lowest BCUT2D eigenvalue weighted by Crippen LogP contribution is -2.44. The summed E-state index contributed by atoms with van der Waals surface area (Å²) >= 11 is 12.2. The van der Waals surface area contributed by atoms with E-state index in [1.165, 1.54) is 12.8 Å². The van der Waals surface area contributed by atoms with Crippen LogP contribution in [-0.4, -0.2) is 19.3 Å². The highest BCUT2D eigenvalue weighted by atomic mass is 35.5. The lowest BCUT2D eigenvalue weighted by molar-refractivity contribution is 0.0384. The molecule has 0 spiro atoms. The molecule has 0 aliphatic heterocycles. The van der Waals surface area contributed by atoms with Crippen LogP contribution in [0.3, 0.4) is 0 Å². The van der Waals surface area contributed by atoms with Crippen LogP contribution in [0, 0.1) is 0 Å². The van der Waals surface area contributed by atoms with Crippen molar-refractivity contribution < 1.29 is 4.74 Å². The van der Waals surface area contributed by atoms with Gasteiger partial charge < -0.3 is 10.1 Å². The van der Waals surface area contributed by atoms with E-state index in [1.54, 1.807) is 13.2 Å². The molecule has 106 valence electrons. The monoisotopic (exact) mass is 301 g/mol. The molecule has 1 fully saturated rings. The maximum atomic E-state index is 6.26. The summed E-state index contributed by atoms with van der Waals surface area (Å²) in [5, 5.41) is 5.04. The molecule has 3 unspecified atom stereocenters. The molecule has 2 nitrogen and oxygen atoms in total. The molecule has 1 N–H and O–H groups in total. The second-order valence-electron chi connectivity index (χ2n) is 5.22. The number of ether oxygens (including phenoxy) is 1. The van der Waals surface area contributed by atoms with Gasteiger partial charge >= 0.3 is 0 Å². The Morgan fingerprint density at radius 2 is 2.00 bits per heavy atom. The fourth-order valence-electron chi connectivity index (χ4n) is 2.83. The summed E-state index contributed by atoms with van der Waals surface area (Å²) in [5.74, 6) is 0. The van der Waals surface area contributed by atoms with Crippen molar-refractivity contribution in [3.05, 3.63) is 33.8 Å². The predicted molar refractivity (Wildman–Crippen MR) is 81.1 cm³/mol. The summed E-state index contributed by atoms with van der Waals surface area (Å²) in [6.07, 6.45) is 5.12. The van der Waals surface area contributed by atoms with Crippen LogP contribution in [0.2, 0.25) is 10.0 Å². The van der Waals surface area contributed by atoms with E-state index in [2.05, 4.69) is 12.2 Å². The van der Waals surface area contributed by atoms with Gasteiger partial charge in [0.25, 0.3) is 0 Å². The average Bonchev–Trinajstić information content (AvgIpc) is 2.39. The highest BCUT2D eigenvalue weighted by Gasteiger charge is 2.26. The molecule has 3 atom stereocenters. The molecule has 0 aromatic heterocycles. The maximum Gasteiger partial charge on any atom is 0.0724 e. The third-order valence-corrected chi connectivity index (χ3v) is 4.46. The number of nitrogens with one attached hydrogen (secondary N) is 1. The number of methoxy groups -OCH3 is 1. The fraction of sp³-hybridized carbons (Fsp3) is 0.600. The van der Waals surface area contributed by atoms with Crippen molar-refractivity contribution >= 4 is 23.2 Å². The second-order valence-corrected chi connectivity index (χ2v) is 6.06. The summed E-state index contributed by atoms with van der Waals surface area (Å²) < 4.78 is 5.57. The molecule has 0 bridgehead atoms. The number of rotatable bonds is 4. The van der Waals surface area contributed by atoms with Crippen LogP contribution in [0.1, 0.15) is 44.2 Å². The van der Waals surface area contributed by atoms with Crippen LogP contribution in [0.4, 0.5) is 0 Å². The van der Waals surface area contributed by atoms with E-state index >= 15 is 0 Å². The SMILES string of the molecule is COC1CCCCC1NC(C)c1ccc(Cl)cc1Cl. The topological polar surface area (TPSA) is 21.3 Å². The molecule has 1 aliphatic rings. The van der Waals surface area contributed by atoms with E-state index in [0.717, 1.165) is 23.4 Å². The van der Waals surface area contributed by atoms with Crippen LogP contribution in [-0.2, 0) is 4.74 Å². The van der Waals surface area contributed by atoms with Gasteiger partial charge in [-0.25, -0.2) is 0 Å². The smallest absolute Gasteiger partial charge is 0.0724 e. The van der Waals surface area contributed by atoms with Crippen LogP contribution in [0.5, 0.6) is 0 Å². The van der Waals surface area contributed by atoms with Crippen LogP contribution < -0.4 is 5.32 Å². The molecule has 0 heterocycles. The summed E-state index contributed by atoms with van der Waals surface area (Å²) in [6.45, 7) is 2.14. The first kappa shape index (κ1) is 15.1. The zero-order valence-electron chi connectivity index (χ0n) is 11.5. The molecule has 0 saturated heterocycles. The van der Waals surface area contributed by atoms with Gasteiger partial charge in [-0.1, -0.05) is 42.1 Å². The van der Waals surface area contributed by atoms with Gasteiger partial charge in [-0.3, -0.25) is 0 Å². The number of halogens is 2. The van der Waals surface area contributed by atoms with Crippen molar-refractivity contribution in [1.82, 2.24) is 5.32 Å². The van der Waals surface area contributed by atoms with Gasteiger partial charge in [0.1, 0.15) is 0 Å². The quantitative estimate of drug-likeness (QED) is 0.877. The van der Waals surface area contributed by atoms with E-state index in [-0.39, 0.29) is 6.04 Å². The minimum absolute atomic E-state index is 0.200. The van der Waals surface area contributed by atoms with Crippen molar-refractivity contribution in [2.45, 2.75) is 50.8 Å². The van der Waals surface area contributed by atoms with E-state index in [0.29, 0.717) is 17.2 Å². The highest BCUT2D eigenvalue weighted by Crippen LogP contribution is 2.28. The van der Waals surface area contributed by atoms with E-state index in [4.69, 9.17) is 27.9 Å². The fourth-order valence-corrected chi connectivity index (χ4v) is 3.41. The summed E-state index contributed by atoms with van der Waals surface area (Å²) in [4.78, 5) is 0. The Bertz CT molecular complexity index is 425. The Balaban J connectivity index is 2.05. The van der Waals surface area contributed by atoms with Gasteiger partial charge in [-0.05, 0) is 37.5 Å². The Morgan fingerprint density at radius 3 is 2.68 bits per heavy atom. The van der Waals surface area contributed by atoms with Gasteiger partial charge in [0.2, 0.25) is 0 Å². The Hall–Kier alpha value is -0.280. The van der Waals surface area contributed by atoms with E-state index in [1.807, 2.05) is 12.1 Å². The van der Waals surface area contributed by atoms with Gasteiger partial charge in [-0.15, -0.1) is 0 Å². The molecule has 0 amide bonds. The second kappa shape index (κ2) is 6.94. The zero-order chi connectivity index (χ0) is 13.8. The number of benzene rings is 1. The molecular formula is C15H21Cl2NO. The minimum atomic E-state index is 0.200. The maximum absolute atomic E-state index is 6.26. The zero-order valence-corrected chi connectivity index (χ0v) is 13.0. The summed E-state index contributed by atoms with van der Waals surface area (Å²) in [6, 6.07) is 6.28. The van der Waals surface area contributed by atoms with E-state index < -0.39 is 0 Å². The Kier molecular flexibility index (Phi) is 5.52. The highest BCUT2D eigenvalue weighted by molar-refractivity contribution is 6.35. The standard InChI is InChI=1S/C15H21Cl2NO/c1-10(12-8-7-11(16)9-13(12)17)18-14-5-3-4-6-15(14)19-2/h7-10,14-15,18H,3-6H2,1-2H3. The largest absolute Gasteiger partial charge is 0.380 e. The molecule has 0 radical (unpaired) electrons. The van der Waals surface area contributed by atoms with Gasteiger partial charge in [0.15, 0.2) is 0 Å². The van der Waals surface area contributed by atoms with Crippen LogP contribution in [0.25, 0.3) is 0 Å². The molecule has 2 rings (SSSR count). The van der Waals surface area contributed by atoms with E-state index in [9.17, 15) is 0 Å². The minimum Gasteiger partial charge on any atom is -0.380 e. The lowest BCUT2D eigenvalue weighted by Gasteiger charge is -2.33. The first-order valence-corrected chi connectivity index (χ1v) is 7.61. The summed E-state index contributed by atoms with van der Waals surface area (Å²) in [7, 11) is 1.80. The van der Waals surface area contributed by atoms with Crippen LogP contribution >= 0.6 is 23.2 Å². The third kappa shape index (κ3) is 3.85. The van der Waals surface area contributed by atoms with Gasteiger partial charge in [-0.2, -0.15) is 0 Å². The summed E-state index contributed by atoms with van der Waals surface area (Å²) in [5.41, 5.74) is 1.09. The third-order valence-electron chi connectivity index (χ3n) is 3.90. The van der Waals surface area contributed by atoms with Crippen molar-refractivity contribution in [3.8, 4) is 0 Å². The van der Waals surface area contributed by atoms with Crippen molar-refractivity contribution in [3.63, 3.8) is 0 Å².